The van der Waals surface area contributed by atoms with E-state index < -0.39 is 65.4 Å². The van der Waals surface area contributed by atoms with E-state index in [4.69, 9.17) is 56.2 Å². The Morgan fingerprint density at radius 3 is 1.26 bits per heavy atom. The van der Waals surface area contributed by atoms with Crippen molar-refractivity contribution in [2.45, 2.75) is 89.1 Å². The number of aliphatic hydroxyl groups is 6. The molecule has 1 aromatic carbocycles. The second kappa shape index (κ2) is 40.2. The van der Waals surface area contributed by atoms with Crippen molar-refractivity contribution in [3.05, 3.63) is 88.3 Å². The highest BCUT2D eigenvalue weighted by molar-refractivity contribution is 5.79. The molecule has 9 heterocycles. The largest absolute Gasteiger partial charge is 0.481 e. The molecule has 0 aliphatic rings. The number of aromatic nitrogens is 36. The van der Waals surface area contributed by atoms with Gasteiger partial charge in [0.05, 0.1) is 13.2 Å². The fourth-order valence-electron chi connectivity index (χ4n) is 4.81. The lowest BCUT2D eigenvalue weighted by Crippen LogP contribution is -2.29. The zero-order valence-electron chi connectivity index (χ0n) is 45.6. The second-order valence-corrected chi connectivity index (χ2v) is 15.8. The van der Waals surface area contributed by atoms with Crippen LogP contribution in [0.3, 0.4) is 0 Å². The molecule has 0 amide bonds. The predicted octanol–water partition coefficient (Wildman–Crippen LogP) is -8.19. The van der Waals surface area contributed by atoms with Crippen LogP contribution in [0.2, 0.25) is 0 Å². The first-order chi connectivity index (χ1) is 42.1. The topological polar surface area (TPSA) is 798 Å². The highest BCUT2D eigenvalue weighted by Crippen LogP contribution is 2.21. The van der Waals surface area contributed by atoms with Crippen LogP contribution in [0.5, 0.6) is 0 Å². The number of carbonyl (C=O) groups is 5. The van der Waals surface area contributed by atoms with Crippen LogP contribution in [0.4, 0.5) is 0 Å². The van der Waals surface area contributed by atoms with Crippen molar-refractivity contribution in [1.29, 1.82) is 0 Å². The van der Waals surface area contributed by atoms with Crippen molar-refractivity contribution in [3.8, 4) is 0 Å². The van der Waals surface area contributed by atoms with Gasteiger partial charge >= 0.3 is 29.8 Å². The summed E-state index contributed by atoms with van der Waals surface area (Å²) < 4.78 is 0. The molecule has 88 heavy (non-hydrogen) atoms. The van der Waals surface area contributed by atoms with Crippen LogP contribution in [-0.4, -0.2) is 285 Å². The third-order valence-electron chi connectivity index (χ3n) is 9.32. The van der Waals surface area contributed by atoms with E-state index in [1.165, 1.54) is 20.8 Å². The van der Waals surface area contributed by atoms with Crippen LogP contribution < -0.4 is 0 Å². The Bertz CT molecular complexity index is 3290. The first-order valence-corrected chi connectivity index (χ1v) is 23.7. The lowest BCUT2D eigenvalue weighted by atomic mass is 9.93. The molecule has 0 spiro atoms. The van der Waals surface area contributed by atoms with Gasteiger partial charge in [0.2, 0.25) is 17.9 Å². The lowest BCUT2D eigenvalue weighted by Gasteiger charge is -2.12. The summed E-state index contributed by atoms with van der Waals surface area (Å²) in [7, 11) is 0. The molecule has 0 radical (unpaired) electrons. The molecule has 10 aromatic rings. The number of hydrogen-bond donors (Lipinski definition) is 20. The monoisotopic (exact) mass is 1250 g/mol. The second-order valence-electron chi connectivity index (χ2n) is 15.8. The minimum Gasteiger partial charge on any atom is -0.481 e. The van der Waals surface area contributed by atoms with E-state index in [1.807, 2.05) is 6.07 Å². The van der Waals surface area contributed by atoms with Gasteiger partial charge in [-0.15, -0.1) is 91.8 Å². The molecule has 0 saturated heterocycles. The van der Waals surface area contributed by atoms with Crippen LogP contribution in [0.25, 0.3) is 0 Å². The molecule has 4 unspecified atom stereocenters. The maximum absolute atomic E-state index is 11.1. The van der Waals surface area contributed by atoms with Gasteiger partial charge in [-0.3, -0.25) is 24.0 Å². The molecule has 52 nitrogen and oxygen atoms in total. The Morgan fingerprint density at radius 2 is 0.920 bits per heavy atom. The first kappa shape index (κ1) is 72.1. The highest BCUT2D eigenvalue weighted by atomic mass is 16.5. The SMILES string of the molecule is CC(C(=O)O)c1nn[nH]n1.CC(C)(C(=O)O)c1nn[nH]n1.CCC(C(=O)O)c1nn[nH]n1.O=C(O)C(c1ccccc1)c1nn[nH]n1.O=C(O)Cc1nn[nH]n1.OC(O)c1nn[nH]n1.OCC(O)c1nn[nH]n1.OCCc1nn[nH]n1.OCc1nn[nH]n1. The molecule has 0 bridgehead atoms. The maximum Gasteiger partial charge on any atom is 0.318 e. The molecule has 10 rings (SSSR count). The van der Waals surface area contributed by atoms with E-state index >= 15 is 0 Å². The number of nitrogens with zero attached hydrogens (tertiary/aromatic N) is 27. The van der Waals surface area contributed by atoms with E-state index in [2.05, 4.69) is 186 Å². The number of nitrogens with one attached hydrogen (secondary N) is 9. The third kappa shape index (κ3) is 27.4. The van der Waals surface area contributed by atoms with E-state index in [0.717, 1.165) is 0 Å². The van der Waals surface area contributed by atoms with E-state index in [9.17, 15) is 24.0 Å². The standard InChI is InChI=1S/C9H8N4O2.2C5H8N4O2.C4H6N4O2.C3H6N4O2.C3H4N4O2.C3H6N4O.C2H4N4O2.C2H4N4O/c14-9(15)7(8-10-12-13-11-8)6-4-2-1-3-5-6;1-5(2,4(10)11)3-6-8-9-7-3;1-2-3(5(10)11)4-6-8-9-7-4;1-2(4(9)10)3-5-7-8-6-3;8-1-2(9)3-4-6-7-5-3;8-3(9)1-2-4-6-7-5-2;8-2-1-3-4-6-7-5-3;7-2(8)1-3-5-6-4-1;7-1-2-3-5-6-4-2/h1-5,7H,(H,14,15)(H,10,11,12,13);1-2H3,(H,10,11)(H,6,7,8,9);3H,2H2,1H3,(H,10,11)(H,6,7,8,9);2H,1H3,(H,9,10)(H,5,6,7,8);2,8-9H,1H2,(H,4,5,6,7);1H2,(H,8,9)(H,4,5,6,7);8H,1-2H2,(H,4,5,6,7);2,7-8H,(H,3,4,5,6);7H,1H2,(H,3,4,5,6). The molecule has 52 heteroatoms. The summed E-state index contributed by atoms with van der Waals surface area (Å²) in [6, 6.07) is 8.79. The number of tetrazole rings is 9. The van der Waals surface area contributed by atoms with Gasteiger partial charge in [0, 0.05) is 6.42 Å². The molecule has 9 aromatic heterocycles. The van der Waals surface area contributed by atoms with Crippen molar-refractivity contribution in [2.75, 3.05) is 13.2 Å². The number of aromatic amines is 9. The average Bonchev–Trinajstić information content (AvgIpc) is 4.47. The highest BCUT2D eigenvalue weighted by Gasteiger charge is 2.34. The smallest absolute Gasteiger partial charge is 0.318 e. The van der Waals surface area contributed by atoms with Crippen LogP contribution in [0, 0.1) is 0 Å². The van der Waals surface area contributed by atoms with Gasteiger partial charge in [0.25, 0.3) is 0 Å². The molecule has 0 saturated carbocycles. The summed E-state index contributed by atoms with van der Waals surface area (Å²) in [5.41, 5.74) is -0.445. The van der Waals surface area contributed by atoms with Gasteiger partial charge in [-0.1, -0.05) is 79.0 Å². The quantitative estimate of drug-likeness (QED) is 0.0355. The Hall–Kier alpha value is -12.0. The van der Waals surface area contributed by atoms with Crippen molar-refractivity contribution >= 4 is 29.8 Å². The Labute approximate surface area is 485 Å². The molecular weight excluding hydrogens is 1190 g/mol. The number of hydrogen-bond acceptors (Lipinski definition) is 38. The van der Waals surface area contributed by atoms with Crippen LogP contribution in [0.1, 0.15) is 122 Å². The molecule has 474 valence electrons. The zero-order chi connectivity index (χ0) is 65.3. The summed E-state index contributed by atoms with van der Waals surface area (Å²) in [6.07, 6.45) is -1.90. The number of H-pyrrole nitrogens is 9. The zero-order valence-corrected chi connectivity index (χ0v) is 45.6. The summed E-state index contributed by atoms with van der Waals surface area (Å²) in [5.74, 6) is -5.19. The van der Waals surface area contributed by atoms with Gasteiger partial charge in [-0.2, -0.15) is 46.9 Å². The van der Waals surface area contributed by atoms with Crippen LogP contribution >= 0.6 is 0 Å². The molecule has 20 N–H and O–H groups in total. The minimum atomic E-state index is -1.63. The van der Waals surface area contributed by atoms with E-state index in [1.54, 1.807) is 31.2 Å². The summed E-state index contributed by atoms with van der Waals surface area (Å²) >= 11 is 0. The van der Waals surface area contributed by atoms with Gasteiger partial charge in [-0.05, 0) is 38.0 Å². The Morgan fingerprint density at radius 1 is 0.489 bits per heavy atom. The van der Waals surface area contributed by atoms with Gasteiger partial charge in [0.15, 0.2) is 40.8 Å². The number of aliphatic hydroxyl groups excluding tert-OH is 5. The number of benzene rings is 1. The molecule has 0 aliphatic heterocycles. The molecule has 0 fully saturated rings. The number of carboxylic acid groups (broad SMARTS) is 5. The van der Waals surface area contributed by atoms with Crippen LogP contribution in [0.15, 0.2) is 30.3 Å². The Kier molecular flexibility index (Phi) is 32.9. The number of aliphatic carboxylic acids is 5. The van der Waals surface area contributed by atoms with Crippen LogP contribution in [-0.2, 0) is 48.8 Å². The van der Waals surface area contributed by atoms with Gasteiger partial charge < -0.3 is 56.2 Å². The van der Waals surface area contributed by atoms with E-state index in [-0.39, 0.29) is 67.0 Å². The first-order valence-electron chi connectivity index (χ1n) is 23.7. The van der Waals surface area contributed by atoms with Gasteiger partial charge in [0.1, 0.15) is 42.3 Å². The molecular formula is C36H54N36O16. The Balaban J connectivity index is 0.000000340. The normalized spacial score (nSPS) is 11.5. The lowest BCUT2D eigenvalue weighted by molar-refractivity contribution is -0.143. The average molecular weight is 1250 g/mol. The molecule has 0 aliphatic carbocycles. The summed E-state index contributed by atoms with van der Waals surface area (Å²) in [5, 5.41) is 205. The van der Waals surface area contributed by atoms with E-state index in [0.29, 0.717) is 30.1 Å². The fraction of sp³-hybridized carbons (Fsp3) is 0.444. The van der Waals surface area contributed by atoms with Crippen molar-refractivity contribution < 1.29 is 80.1 Å². The molecule has 4 atom stereocenters. The van der Waals surface area contributed by atoms with Gasteiger partial charge in [-0.25, -0.2) is 0 Å². The third-order valence-corrected chi connectivity index (χ3v) is 9.32. The minimum absolute atomic E-state index is 0.0690. The number of carboxylic acids is 5. The van der Waals surface area contributed by atoms with Crippen molar-refractivity contribution in [1.82, 2.24) is 186 Å². The van der Waals surface area contributed by atoms with Crippen molar-refractivity contribution in [2.24, 2.45) is 0 Å². The fourth-order valence-corrected chi connectivity index (χ4v) is 4.81. The number of rotatable bonds is 18. The maximum atomic E-state index is 11.1. The summed E-state index contributed by atoms with van der Waals surface area (Å²) in [6.45, 7) is 5.80. The predicted molar refractivity (Wildman–Crippen MR) is 268 cm³/mol. The van der Waals surface area contributed by atoms with Crippen molar-refractivity contribution in [3.63, 3.8) is 0 Å². The summed E-state index contributed by atoms with van der Waals surface area (Å²) in [4.78, 5) is 52.4.